The second-order valence-electron chi connectivity index (χ2n) is 5.64. The lowest BCUT2D eigenvalue weighted by Gasteiger charge is -2.25. The Kier molecular flexibility index (Phi) is 3.54. The average Bonchev–Trinajstić information content (AvgIpc) is 2.95. The molecule has 0 saturated heterocycles. The predicted octanol–water partition coefficient (Wildman–Crippen LogP) is 1.41. The van der Waals surface area contributed by atoms with Gasteiger partial charge in [0.2, 0.25) is 0 Å². The fourth-order valence-corrected chi connectivity index (χ4v) is 2.11. The second-order valence-corrected chi connectivity index (χ2v) is 5.64. The molecule has 1 heterocycles. The van der Waals surface area contributed by atoms with Crippen LogP contribution in [0.15, 0.2) is 12.4 Å². The lowest BCUT2D eigenvalue weighted by Crippen LogP contribution is -2.39. The maximum Gasteiger partial charge on any atom is 0.102 e. The topological polar surface area (TPSA) is 50.1 Å². The quantitative estimate of drug-likeness (QED) is 0.786. The summed E-state index contributed by atoms with van der Waals surface area (Å²) in [6.07, 6.45) is 7.58. The van der Waals surface area contributed by atoms with Gasteiger partial charge in [-0.1, -0.05) is 12.8 Å². The van der Waals surface area contributed by atoms with Gasteiger partial charge in [-0.3, -0.25) is 4.68 Å². The highest BCUT2D eigenvalue weighted by molar-refractivity contribution is 5.14. The summed E-state index contributed by atoms with van der Waals surface area (Å²) in [5, 5.41) is 17.9. The van der Waals surface area contributed by atoms with Gasteiger partial charge in [0.1, 0.15) is 5.60 Å². The molecule has 96 valence electrons. The van der Waals surface area contributed by atoms with Crippen LogP contribution in [0.4, 0.5) is 0 Å². The monoisotopic (exact) mass is 237 g/mol. The molecule has 1 saturated carbocycles. The molecule has 2 atom stereocenters. The van der Waals surface area contributed by atoms with Gasteiger partial charge in [0.15, 0.2) is 0 Å². The Morgan fingerprint density at radius 2 is 2.35 bits per heavy atom. The first-order chi connectivity index (χ1) is 7.97. The van der Waals surface area contributed by atoms with Crippen molar-refractivity contribution in [2.75, 3.05) is 6.54 Å². The third kappa shape index (κ3) is 3.54. The van der Waals surface area contributed by atoms with Gasteiger partial charge in [-0.25, -0.2) is 0 Å². The molecule has 1 aliphatic carbocycles. The van der Waals surface area contributed by atoms with Crippen LogP contribution in [0.1, 0.15) is 38.7 Å². The van der Waals surface area contributed by atoms with Crippen LogP contribution in [-0.4, -0.2) is 27.5 Å². The van der Waals surface area contributed by atoms with Crippen molar-refractivity contribution in [2.24, 2.45) is 13.0 Å². The summed E-state index contributed by atoms with van der Waals surface area (Å²) in [5.41, 5.74) is 0.0256. The van der Waals surface area contributed by atoms with Crippen molar-refractivity contribution >= 4 is 0 Å². The normalized spacial score (nSPS) is 21.2. The van der Waals surface area contributed by atoms with E-state index in [9.17, 15) is 5.11 Å². The molecule has 0 spiro atoms. The van der Waals surface area contributed by atoms with Gasteiger partial charge >= 0.3 is 0 Å². The average molecular weight is 237 g/mol. The fourth-order valence-electron chi connectivity index (χ4n) is 2.11. The lowest BCUT2D eigenvalue weighted by molar-refractivity contribution is 0.0538. The van der Waals surface area contributed by atoms with E-state index in [2.05, 4.69) is 17.3 Å². The van der Waals surface area contributed by atoms with Gasteiger partial charge in [0.05, 0.1) is 6.20 Å². The van der Waals surface area contributed by atoms with Crippen LogP contribution in [0, 0.1) is 5.92 Å². The molecule has 2 rings (SSSR count). The van der Waals surface area contributed by atoms with Gasteiger partial charge in [0.25, 0.3) is 0 Å². The Morgan fingerprint density at radius 1 is 1.65 bits per heavy atom. The number of aryl methyl sites for hydroxylation is 1. The van der Waals surface area contributed by atoms with E-state index in [0.717, 1.165) is 11.5 Å². The zero-order valence-corrected chi connectivity index (χ0v) is 11.0. The minimum Gasteiger partial charge on any atom is -0.384 e. The SMILES string of the molecule is CC(CC1CC1)NCC(C)(O)c1cnn(C)c1. The van der Waals surface area contributed by atoms with Gasteiger partial charge in [-0.2, -0.15) is 5.10 Å². The summed E-state index contributed by atoms with van der Waals surface area (Å²) < 4.78 is 1.72. The van der Waals surface area contributed by atoms with E-state index in [1.54, 1.807) is 10.9 Å². The Morgan fingerprint density at radius 3 is 2.88 bits per heavy atom. The standard InChI is InChI=1S/C13H23N3O/c1-10(6-11-4-5-11)14-9-13(2,17)12-7-15-16(3)8-12/h7-8,10-11,14,17H,4-6,9H2,1-3H3. The first-order valence-electron chi connectivity index (χ1n) is 6.42. The molecule has 0 radical (unpaired) electrons. The molecule has 17 heavy (non-hydrogen) atoms. The molecule has 0 amide bonds. The van der Waals surface area contributed by atoms with Crippen LogP contribution in [0.3, 0.4) is 0 Å². The van der Waals surface area contributed by atoms with E-state index in [0.29, 0.717) is 12.6 Å². The molecule has 4 heteroatoms. The van der Waals surface area contributed by atoms with E-state index in [1.807, 2.05) is 20.2 Å². The Bertz CT molecular complexity index is 368. The van der Waals surface area contributed by atoms with Crippen molar-refractivity contribution < 1.29 is 5.11 Å². The fraction of sp³-hybridized carbons (Fsp3) is 0.769. The van der Waals surface area contributed by atoms with Crippen molar-refractivity contribution in [2.45, 2.75) is 44.8 Å². The number of hydrogen-bond donors (Lipinski definition) is 2. The molecular weight excluding hydrogens is 214 g/mol. The van der Waals surface area contributed by atoms with Crippen LogP contribution in [0.5, 0.6) is 0 Å². The van der Waals surface area contributed by atoms with E-state index < -0.39 is 5.60 Å². The maximum absolute atomic E-state index is 10.4. The Labute approximate surface area is 103 Å². The molecule has 1 aromatic heterocycles. The number of aromatic nitrogens is 2. The van der Waals surface area contributed by atoms with E-state index in [-0.39, 0.29) is 0 Å². The lowest BCUT2D eigenvalue weighted by atomic mass is 9.99. The van der Waals surface area contributed by atoms with E-state index in [1.165, 1.54) is 19.3 Å². The Balaban J connectivity index is 1.83. The first kappa shape index (κ1) is 12.6. The molecule has 0 aromatic carbocycles. The first-order valence-corrected chi connectivity index (χ1v) is 6.42. The maximum atomic E-state index is 10.4. The van der Waals surface area contributed by atoms with E-state index in [4.69, 9.17) is 0 Å². The van der Waals surface area contributed by atoms with Gasteiger partial charge in [0, 0.05) is 31.4 Å². The van der Waals surface area contributed by atoms with Crippen LogP contribution < -0.4 is 5.32 Å². The van der Waals surface area contributed by atoms with Crippen molar-refractivity contribution in [1.29, 1.82) is 0 Å². The summed E-state index contributed by atoms with van der Waals surface area (Å²) in [6.45, 7) is 4.60. The summed E-state index contributed by atoms with van der Waals surface area (Å²) in [6, 6.07) is 0.477. The van der Waals surface area contributed by atoms with Crippen LogP contribution in [-0.2, 0) is 12.6 Å². The second kappa shape index (κ2) is 4.78. The number of aliphatic hydroxyl groups is 1. The van der Waals surface area contributed by atoms with Crippen molar-refractivity contribution in [3.63, 3.8) is 0 Å². The predicted molar refractivity (Wildman–Crippen MR) is 67.6 cm³/mol. The zero-order chi connectivity index (χ0) is 12.5. The number of nitrogens with zero attached hydrogens (tertiary/aromatic N) is 2. The summed E-state index contributed by atoms with van der Waals surface area (Å²) >= 11 is 0. The third-order valence-electron chi connectivity index (χ3n) is 3.51. The Hall–Kier alpha value is -0.870. The zero-order valence-electron chi connectivity index (χ0n) is 11.0. The molecule has 1 aromatic rings. The molecule has 0 aliphatic heterocycles. The van der Waals surface area contributed by atoms with Crippen LogP contribution in [0.2, 0.25) is 0 Å². The molecule has 2 N–H and O–H groups in total. The molecule has 1 fully saturated rings. The highest BCUT2D eigenvalue weighted by Crippen LogP contribution is 2.33. The van der Waals surface area contributed by atoms with Gasteiger partial charge in [-0.15, -0.1) is 0 Å². The smallest absolute Gasteiger partial charge is 0.102 e. The van der Waals surface area contributed by atoms with Gasteiger partial charge in [-0.05, 0) is 26.2 Å². The van der Waals surface area contributed by atoms with E-state index >= 15 is 0 Å². The third-order valence-corrected chi connectivity index (χ3v) is 3.51. The molecule has 4 nitrogen and oxygen atoms in total. The molecule has 0 bridgehead atoms. The molecular formula is C13H23N3O. The van der Waals surface area contributed by atoms with Gasteiger partial charge < -0.3 is 10.4 Å². The highest BCUT2D eigenvalue weighted by Gasteiger charge is 2.27. The number of nitrogens with one attached hydrogen (secondary N) is 1. The van der Waals surface area contributed by atoms with Crippen molar-refractivity contribution in [3.8, 4) is 0 Å². The summed E-state index contributed by atoms with van der Waals surface area (Å²) in [5.74, 6) is 0.917. The molecule has 2 unspecified atom stereocenters. The molecule has 1 aliphatic rings. The summed E-state index contributed by atoms with van der Waals surface area (Å²) in [4.78, 5) is 0. The van der Waals surface area contributed by atoms with Crippen LogP contribution >= 0.6 is 0 Å². The highest BCUT2D eigenvalue weighted by atomic mass is 16.3. The van der Waals surface area contributed by atoms with Crippen molar-refractivity contribution in [1.82, 2.24) is 15.1 Å². The van der Waals surface area contributed by atoms with Crippen LogP contribution in [0.25, 0.3) is 0 Å². The largest absolute Gasteiger partial charge is 0.384 e. The summed E-state index contributed by atoms with van der Waals surface area (Å²) in [7, 11) is 1.86. The number of rotatable bonds is 6. The minimum absolute atomic E-state index is 0.477. The minimum atomic E-state index is -0.841. The van der Waals surface area contributed by atoms with Crippen molar-refractivity contribution in [3.05, 3.63) is 18.0 Å². The number of hydrogen-bond acceptors (Lipinski definition) is 3.